The number of hydrogen-bond donors (Lipinski definition) is 1. The van der Waals surface area contributed by atoms with E-state index in [1.54, 1.807) is 11.3 Å². The van der Waals surface area contributed by atoms with Crippen molar-refractivity contribution in [2.45, 2.75) is 37.4 Å². The van der Waals surface area contributed by atoms with Crippen LogP contribution in [0, 0.1) is 13.8 Å². The first-order valence-electron chi connectivity index (χ1n) is 6.24. The average Bonchev–Trinajstić information content (AvgIpc) is 2.93. The Labute approximate surface area is 124 Å². The lowest BCUT2D eigenvalue weighted by molar-refractivity contribution is 0.431. The lowest BCUT2D eigenvalue weighted by Gasteiger charge is -1.99. The Morgan fingerprint density at radius 1 is 1.30 bits per heavy atom. The quantitative estimate of drug-likeness (QED) is 0.745. The van der Waals surface area contributed by atoms with Gasteiger partial charge in [0.15, 0.2) is 0 Å². The minimum atomic E-state index is 0.282. The zero-order valence-corrected chi connectivity index (χ0v) is 13.1. The van der Waals surface area contributed by atoms with Gasteiger partial charge in [0.05, 0.1) is 5.69 Å². The third-order valence-corrected chi connectivity index (χ3v) is 4.99. The van der Waals surface area contributed by atoms with Gasteiger partial charge >= 0.3 is 0 Å². The maximum absolute atomic E-state index is 5.78. The van der Waals surface area contributed by atoms with Gasteiger partial charge in [-0.15, -0.1) is 11.3 Å². The standard InChI is InChI=1S/C13H14N4OS2/c1-4-8-5-9-10(19-8)16-12(14)17-11(9)20-13-15-6(2)7(3)18-13/h5H,4H2,1-3H3,(H2,14,16,17). The summed E-state index contributed by atoms with van der Waals surface area (Å²) in [7, 11) is 0. The van der Waals surface area contributed by atoms with E-state index in [0.29, 0.717) is 5.22 Å². The predicted molar refractivity (Wildman–Crippen MR) is 81.3 cm³/mol. The van der Waals surface area contributed by atoms with Crippen LogP contribution in [0.25, 0.3) is 10.2 Å². The van der Waals surface area contributed by atoms with Crippen LogP contribution in [0.1, 0.15) is 23.3 Å². The fourth-order valence-corrected chi connectivity index (χ4v) is 3.74. The molecule has 0 aliphatic rings. The second-order valence-corrected chi connectivity index (χ2v) is 6.45. The van der Waals surface area contributed by atoms with Gasteiger partial charge in [-0.1, -0.05) is 6.92 Å². The molecule has 2 N–H and O–H groups in total. The van der Waals surface area contributed by atoms with E-state index in [2.05, 4.69) is 27.9 Å². The average molecular weight is 306 g/mol. The molecular formula is C13H14N4OS2. The highest BCUT2D eigenvalue weighted by molar-refractivity contribution is 7.99. The third kappa shape index (κ3) is 2.38. The third-order valence-electron chi connectivity index (χ3n) is 2.97. The van der Waals surface area contributed by atoms with E-state index >= 15 is 0 Å². The van der Waals surface area contributed by atoms with Crippen molar-refractivity contribution in [1.82, 2.24) is 15.0 Å². The number of nitrogens with zero attached hydrogens (tertiary/aromatic N) is 3. The highest BCUT2D eigenvalue weighted by Crippen LogP contribution is 2.35. The maximum atomic E-state index is 5.78. The van der Waals surface area contributed by atoms with E-state index in [4.69, 9.17) is 10.2 Å². The van der Waals surface area contributed by atoms with Gasteiger partial charge in [0.25, 0.3) is 5.22 Å². The van der Waals surface area contributed by atoms with Crippen LogP contribution in [-0.4, -0.2) is 15.0 Å². The SMILES string of the molecule is CCc1cc2c(Sc3nc(C)c(C)o3)nc(N)nc2s1. The minimum Gasteiger partial charge on any atom is -0.436 e. The maximum Gasteiger partial charge on any atom is 0.262 e. The molecule has 3 aromatic rings. The summed E-state index contributed by atoms with van der Waals surface area (Å²) in [6.07, 6.45) is 0.974. The van der Waals surface area contributed by atoms with Crippen LogP contribution < -0.4 is 5.73 Å². The number of aryl methyl sites for hydroxylation is 3. The van der Waals surface area contributed by atoms with Crippen molar-refractivity contribution in [2.75, 3.05) is 5.73 Å². The number of fused-ring (bicyclic) bond motifs is 1. The number of rotatable bonds is 3. The molecule has 104 valence electrons. The molecule has 0 fully saturated rings. The van der Waals surface area contributed by atoms with Gasteiger partial charge in [0, 0.05) is 10.3 Å². The fraction of sp³-hybridized carbons (Fsp3) is 0.308. The van der Waals surface area contributed by atoms with Crippen molar-refractivity contribution < 1.29 is 4.42 Å². The Morgan fingerprint density at radius 3 is 2.75 bits per heavy atom. The number of aromatic nitrogens is 3. The zero-order chi connectivity index (χ0) is 14.3. The Bertz CT molecular complexity index is 759. The Hall–Kier alpha value is -1.60. The predicted octanol–water partition coefficient (Wildman–Crippen LogP) is 3.59. The van der Waals surface area contributed by atoms with Crippen molar-refractivity contribution in [3.05, 3.63) is 22.4 Å². The normalized spacial score (nSPS) is 11.3. The van der Waals surface area contributed by atoms with Crippen LogP contribution >= 0.6 is 23.1 Å². The van der Waals surface area contributed by atoms with Crippen LogP contribution in [0.3, 0.4) is 0 Å². The number of oxazole rings is 1. The molecule has 3 aromatic heterocycles. The van der Waals surface area contributed by atoms with Gasteiger partial charge in [-0.2, -0.15) is 0 Å². The molecule has 0 aromatic carbocycles. The molecule has 5 nitrogen and oxygen atoms in total. The van der Waals surface area contributed by atoms with Gasteiger partial charge in [0.1, 0.15) is 15.6 Å². The van der Waals surface area contributed by atoms with Gasteiger partial charge in [-0.25, -0.2) is 15.0 Å². The molecule has 3 rings (SSSR count). The molecule has 0 spiro atoms. The van der Waals surface area contributed by atoms with Gasteiger partial charge < -0.3 is 10.2 Å². The number of hydrogen-bond acceptors (Lipinski definition) is 7. The van der Waals surface area contributed by atoms with E-state index in [9.17, 15) is 0 Å². The van der Waals surface area contributed by atoms with Gasteiger partial charge in [0.2, 0.25) is 5.95 Å². The van der Waals surface area contributed by atoms with E-state index < -0.39 is 0 Å². The molecule has 7 heteroatoms. The Balaban J connectivity index is 2.07. The van der Waals surface area contributed by atoms with Crippen LogP contribution in [0.5, 0.6) is 0 Å². The van der Waals surface area contributed by atoms with Gasteiger partial charge in [-0.3, -0.25) is 0 Å². The van der Waals surface area contributed by atoms with Gasteiger partial charge in [-0.05, 0) is 38.1 Å². The second-order valence-electron chi connectivity index (χ2n) is 4.40. The summed E-state index contributed by atoms with van der Waals surface area (Å²) in [4.78, 5) is 15.2. The monoisotopic (exact) mass is 306 g/mol. The van der Waals surface area contributed by atoms with E-state index in [-0.39, 0.29) is 5.95 Å². The first-order valence-corrected chi connectivity index (χ1v) is 7.88. The second kappa shape index (κ2) is 5.06. The molecule has 0 atom stereocenters. The van der Waals surface area contributed by atoms with Crippen molar-refractivity contribution in [3.63, 3.8) is 0 Å². The van der Waals surface area contributed by atoms with Crippen molar-refractivity contribution in [3.8, 4) is 0 Å². The minimum absolute atomic E-state index is 0.282. The Kier molecular flexibility index (Phi) is 3.39. The summed E-state index contributed by atoms with van der Waals surface area (Å²) < 4.78 is 5.59. The molecule has 0 bridgehead atoms. The number of thiophene rings is 1. The van der Waals surface area contributed by atoms with E-state index in [1.807, 2.05) is 13.8 Å². The molecule has 0 saturated carbocycles. The molecule has 0 amide bonds. The summed E-state index contributed by atoms with van der Waals surface area (Å²) in [5.74, 6) is 1.11. The van der Waals surface area contributed by atoms with Crippen LogP contribution in [-0.2, 0) is 6.42 Å². The van der Waals surface area contributed by atoms with Crippen LogP contribution in [0.15, 0.2) is 20.7 Å². The summed E-state index contributed by atoms with van der Waals surface area (Å²) in [6, 6.07) is 2.12. The first-order chi connectivity index (χ1) is 9.56. The molecule has 3 heterocycles. The summed E-state index contributed by atoms with van der Waals surface area (Å²) in [5.41, 5.74) is 6.68. The zero-order valence-electron chi connectivity index (χ0n) is 11.4. The summed E-state index contributed by atoms with van der Waals surface area (Å²) in [5, 5.41) is 2.40. The van der Waals surface area contributed by atoms with Crippen LogP contribution in [0.2, 0.25) is 0 Å². The molecule has 0 aliphatic carbocycles. The number of anilines is 1. The van der Waals surface area contributed by atoms with Crippen molar-refractivity contribution >= 4 is 39.3 Å². The highest BCUT2D eigenvalue weighted by Gasteiger charge is 2.15. The lowest BCUT2D eigenvalue weighted by Crippen LogP contribution is -1.95. The number of nitrogens with two attached hydrogens (primary N) is 1. The molecule has 0 aliphatic heterocycles. The van der Waals surface area contributed by atoms with E-state index in [1.165, 1.54) is 16.6 Å². The topological polar surface area (TPSA) is 77.8 Å². The number of nitrogen functional groups attached to an aromatic ring is 1. The Morgan fingerprint density at radius 2 is 2.10 bits per heavy atom. The molecular weight excluding hydrogens is 292 g/mol. The van der Waals surface area contributed by atoms with Crippen molar-refractivity contribution in [1.29, 1.82) is 0 Å². The summed E-state index contributed by atoms with van der Waals surface area (Å²) in [6.45, 7) is 5.94. The first kappa shape index (κ1) is 13.4. The highest BCUT2D eigenvalue weighted by atomic mass is 32.2. The molecule has 0 saturated heterocycles. The molecule has 20 heavy (non-hydrogen) atoms. The summed E-state index contributed by atoms with van der Waals surface area (Å²) >= 11 is 3.04. The lowest BCUT2D eigenvalue weighted by atomic mass is 10.3. The fourth-order valence-electron chi connectivity index (χ4n) is 1.78. The smallest absolute Gasteiger partial charge is 0.262 e. The van der Waals surface area contributed by atoms with E-state index in [0.717, 1.165) is 33.1 Å². The molecule has 0 radical (unpaired) electrons. The largest absolute Gasteiger partial charge is 0.436 e. The van der Waals surface area contributed by atoms with Crippen molar-refractivity contribution in [2.24, 2.45) is 0 Å². The molecule has 0 unspecified atom stereocenters. The van der Waals surface area contributed by atoms with Crippen LogP contribution in [0.4, 0.5) is 5.95 Å².